The molecule has 2 bridgehead atoms. The molecule has 0 aromatic rings. The van der Waals surface area contributed by atoms with E-state index in [1.165, 1.54) is 25.7 Å². The van der Waals surface area contributed by atoms with Crippen LogP contribution in [0.25, 0.3) is 0 Å². The Balaban J connectivity index is 1.54. The fourth-order valence-electron chi connectivity index (χ4n) is 4.58. The molecule has 1 aliphatic heterocycles. The lowest BCUT2D eigenvalue weighted by atomic mass is 9.84. The van der Waals surface area contributed by atoms with Crippen molar-refractivity contribution < 1.29 is 4.79 Å². The van der Waals surface area contributed by atoms with Crippen LogP contribution in [0.5, 0.6) is 0 Å². The predicted octanol–water partition coefficient (Wildman–Crippen LogP) is 2.02. The Morgan fingerprint density at radius 1 is 1.28 bits per heavy atom. The molecule has 18 heavy (non-hydrogen) atoms. The van der Waals surface area contributed by atoms with E-state index in [0.717, 1.165) is 37.1 Å². The van der Waals surface area contributed by atoms with E-state index in [-0.39, 0.29) is 11.9 Å². The Hall–Kier alpha value is -0.570. The number of fused-ring (bicyclic) bond motifs is 2. The van der Waals surface area contributed by atoms with Gasteiger partial charge < -0.3 is 5.32 Å². The van der Waals surface area contributed by atoms with Gasteiger partial charge in [-0.3, -0.25) is 9.69 Å². The molecular weight excluding hydrogens is 224 g/mol. The number of nitrogens with one attached hydrogen (secondary N) is 1. The van der Waals surface area contributed by atoms with E-state index in [1.807, 2.05) is 0 Å². The second kappa shape index (κ2) is 4.84. The molecule has 3 fully saturated rings. The highest BCUT2D eigenvalue weighted by Crippen LogP contribution is 2.49. The highest BCUT2D eigenvalue weighted by atomic mass is 16.2. The lowest BCUT2D eigenvalue weighted by molar-refractivity contribution is -0.126. The van der Waals surface area contributed by atoms with E-state index in [0.29, 0.717) is 6.04 Å². The third-order valence-electron chi connectivity index (χ3n) is 5.63. The van der Waals surface area contributed by atoms with Gasteiger partial charge in [-0.2, -0.15) is 0 Å². The van der Waals surface area contributed by atoms with Crippen LogP contribution in [0.4, 0.5) is 0 Å². The van der Waals surface area contributed by atoms with Crippen molar-refractivity contribution in [1.29, 1.82) is 0 Å². The largest absolute Gasteiger partial charge is 0.352 e. The van der Waals surface area contributed by atoms with Crippen LogP contribution in [0, 0.1) is 17.8 Å². The quantitative estimate of drug-likeness (QED) is 0.831. The molecule has 1 amide bonds. The van der Waals surface area contributed by atoms with Gasteiger partial charge in [0.05, 0.1) is 6.04 Å². The van der Waals surface area contributed by atoms with Crippen LogP contribution in [0.15, 0.2) is 0 Å². The number of likely N-dealkylation sites (tertiary alicyclic amines) is 1. The molecule has 1 N–H and O–H groups in total. The third kappa shape index (κ3) is 2.18. The number of nitrogens with zero attached hydrogens (tertiary/aromatic N) is 1. The van der Waals surface area contributed by atoms with Gasteiger partial charge in [-0.15, -0.1) is 0 Å². The van der Waals surface area contributed by atoms with Crippen molar-refractivity contribution in [3.63, 3.8) is 0 Å². The maximum Gasteiger partial charge on any atom is 0.237 e. The Kier molecular flexibility index (Phi) is 3.35. The van der Waals surface area contributed by atoms with Crippen LogP contribution < -0.4 is 5.32 Å². The average Bonchev–Trinajstić information content (AvgIpc) is 3.03. The van der Waals surface area contributed by atoms with Gasteiger partial charge >= 0.3 is 0 Å². The zero-order valence-electron chi connectivity index (χ0n) is 11.7. The van der Waals surface area contributed by atoms with Gasteiger partial charge in [-0.1, -0.05) is 6.42 Å². The number of rotatable bonds is 3. The van der Waals surface area contributed by atoms with Crippen LogP contribution in [-0.4, -0.2) is 36.5 Å². The first-order valence-electron chi connectivity index (χ1n) is 7.65. The molecule has 2 aliphatic carbocycles. The topological polar surface area (TPSA) is 32.3 Å². The van der Waals surface area contributed by atoms with Gasteiger partial charge in [0.15, 0.2) is 0 Å². The molecule has 2 saturated carbocycles. The van der Waals surface area contributed by atoms with Gasteiger partial charge in [0.2, 0.25) is 5.91 Å². The molecule has 0 aromatic carbocycles. The molecule has 0 radical (unpaired) electrons. The molecule has 3 rings (SSSR count). The molecule has 102 valence electrons. The van der Waals surface area contributed by atoms with Gasteiger partial charge in [0.25, 0.3) is 0 Å². The molecule has 0 aromatic heterocycles. The second-order valence-corrected chi connectivity index (χ2v) is 6.77. The Labute approximate surface area is 110 Å². The highest BCUT2D eigenvalue weighted by molar-refractivity contribution is 5.82. The number of amides is 1. The van der Waals surface area contributed by atoms with Crippen molar-refractivity contribution in [2.24, 2.45) is 17.8 Å². The first-order chi connectivity index (χ1) is 8.65. The average molecular weight is 250 g/mol. The van der Waals surface area contributed by atoms with Crippen LogP contribution >= 0.6 is 0 Å². The summed E-state index contributed by atoms with van der Waals surface area (Å²) in [6.07, 6.45) is 7.82. The predicted molar refractivity (Wildman–Crippen MR) is 72.2 cm³/mol. The first-order valence-corrected chi connectivity index (χ1v) is 7.65. The van der Waals surface area contributed by atoms with Crippen molar-refractivity contribution in [1.82, 2.24) is 10.2 Å². The van der Waals surface area contributed by atoms with E-state index in [4.69, 9.17) is 0 Å². The fourth-order valence-corrected chi connectivity index (χ4v) is 4.58. The lowest BCUT2D eigenvalue weighted by Gasteiger charge is -2.30. The zero-order valence-corrected chi connectivity index (χ0v) is 11.7. The molecule has 3 heteroatoms. The fraction of sp³-hybridized carbons (Fsp3) is 0.933. The van der Waals surface area contributed by atoms with E-state index < -0.39 is 0 Å². The van der Waals surface area contributed by atoms with Crippen LogP contribution in [0.2, 0.25) is 0 Å². The van der Waals surface area contributed by atoms with Crippen molar-refractivity contribution in [3.05, 3.63) is 0 Å². The summed E-state index contributed by atoms with van der Waals surface area (Å²) in [4.78, 5) is 14.5. The Morgan fingerprint density at radius 3 is 2.67 bits per heavy atom. The second-order valence-electron chi connectivity index (χ2n) is 6.77. The summed E-state index contributed by atoms with van der Waals surface area (Å²) in [5.41, 5.74) is 0. The summed E-state index contributed by atoms with van der Waals surface area (Å²) in [5.74, 6) is 2.88. The number of carbonyl (C=O) groups excluding carboxylic acids is 1. The first kappa shape index (κ1) is 12.5. The van der Waals surface area contributed by atoms with Crippen LogP contribution in [0.3, 0.4) is 0 Å². The van der Waals surface area contributed by atoms with E-state index >= 15 is 0 Å². The van der Waals surface area contributed by atoms with Gasteiger partial charge in [-0.25, -0.2) is 0 Å². The molecule has 3 nitrogen and oxygen atoms in total. The normalized spacial score (nSPS) is 41.2. The number of carbonyl (C=O) groups is 1. The zero-order chi connectivity index (χ0) is 12.7. The molecule has 5 atom stereocenters. The van der Waals surface area contributed by atoms with Gasteiger partial charge in [-0.05, 0) is 70.4 Å². The van der Waals surface area contributed by atoms with E-state index in [2.05, 4.69) is 24.2 Å². The minimum absolute atomic E-state index is 0.131. The Bertz CT molecular complexity index is 330. The lowest BCUT2D eigenvalue weighted by Crippen LogP contribution is -2.47. The highest BCUT2D eigenvalue weighted by Gasteiger charge is 2.42. The molecule has 0 spiro atoms. The third-order valence-corrected chi connectivity index (χ3v) is 5.63. The summed E-state index contributed by atoms with van der Waals surface area (Å²) in [6.45, 7) is 3.29. The molecule has 3 aliphatic rings. The van der Waals surface area contributed by atoms with Crippen molar-refractivity contribution in [2.75, 3.05) is 13.6 Å². The van der Waals surface area contributed by atoms with Crippen molar-refractivity contribution in [2.45, 2.75) is 57.5 Å². The molecule has 1 heterocycles. The minimum atomic E-state index is 0.131. The monoisotopic (exact) mass is 250 g/mol. The van der Waals surface area contributed by atoms with Gasteiger partial charge in [0, 0.05) is 6.04 Å². The van der Waals surface area contributed by atoms with E-state index in [1.54, 1.807) is 0 Å². The van der Waals surface area contributed by atoms with Crippen molar-refractivity contribution in [3.8, 4) is 0 Å². The number of hydrogen-bond donors (Lipinski definition) is 1. The minimum Gasteiger partial charge on any atom is -0.352 e. The maximum absolute atomic E-state index is 12.3. The number of hydrogen-bond acceptors (Lipinski definition) is 2. The summed E-state index contributed by atoms with van der Waals surface area (Å²) in [7, 11) is 2.07. The maximum atomic E-state index is 12.3. The van der Waals surface area contributed by atoms with Crippen molar-refractivity contribution >= 4 is 5.91 Å². The molecule has 0 unspecified atom stereocenters. The summed E-state index contributed by atoms with van der Waals surface area (Å²) in [6, 6.07) is 0.507. The number of likely N-dealkylation sites (N-methyl/N-ethyl adjacent to an activating group) is 1. The molecular formula is C15H26N2O. The summed E-state index contributed by atoms with van der Waals surface area (Å²) >= 11 is 0. The molecule has 1 saturated heterocycles. The smallest absolute Gasteiger partial charge is 0.237 e. The van der Waals surface area contributed by atoms with E-state index in [9.17, 15) is 4.79 Å². The van der Waals surface area contributed by atoms with Gasteiger partial charge in [0.1, 0.15) is 0 Å². The summed E-state index contributed by atoms with van der Waals surface area (Å²) in [5, 5.41) is 3.30. The summed E-state index contributed by atoms with van der Waals surface area (Å²) < 4.78 is 0. The SMILES string of the molecule is C[C@H](NC(=O)[C@H]1CCCN1C)[C@@H]1C[C@H]2CC[C@H]1C2. The standard InChI is InChI=1S/C15H26N2O/c1-10(13-9-11-5-6-12(13)8-11)16-15(18)14-4-3-7-17(14)2/h10-14H,3-9H2,1-2H3,(H,16,18)/t10-,11-,12-,13-,14+/m0/s1. The van der Waals surface area contributed by atoms with Crippen LogP contribution in [-0.2, 0) is 4.79 Å². The van der Waals surface area contributed by atoms with Crippen LogP contribution in [0.1, 0.15) is 45.4 Å². The Morgan fingerprint density at radius 2 is 2.11 bits per heavy atom.